The van der Waals surface area contributed by atoms with E-state index >= 15 is 0 Å². The minimum Gasteiger partial charge on any atom is -0.497 e. The van der Waals surface area contributed by atoms with Crippen LogP contribution in [0.25, 0.3) is 0 Å². The van der Waals surface area contributed by atoms with E-state index in [0.717, 1.165) is 16.1 Å². The molecule has 2 heterocycles. The number of benzene rings is 3. The van der Waals surface area contributed by atoms with Crippen molar-refractivity contribution in [3.63, 3.8) is 0 Å². The number of fused-ring (bicyclic) bond motifs is 1. The largest absolute Gasteiger partial charge is 0.497 e. The molecule has 0 fully saturated rings. The number of amides is 2. The summed E-state index contributed by atoms with van der Waals surface area (Å²) in [5.41, 5.74) is 2.61. The summed E-state index contributed by atoms with van der Waals surface area (Å²) in [6.07, 6.45) is 0.445. The lowest BCUT2D eigenvalue weighted by Crippen LogP contribution is -2.45. The fourth-order valence-corrected chi connectivity index (χ4v) is 5.52. The van der Waals surface area contributed by atoms with E-state index in [1.54, 1.807) is 49.6 Å². The molecule has 2 amide bonds. The van der Waals surface area contributed by atoms with Crippen molar-refractivity contribution >= 4 is 27.5 Å². The summed E-state index contributed by atoms with van der Waals surface area (Å²) in [7, 11) is -2.69. The molecule has 11 heteroatoms. The third-order valence-electron chi connectivity index (χ3n) is 6.78. The predicted octanol–water partition coefficient (Wildman–Crippen LogP) is 4.12. The van der Waals surface area contributed by atoms with E-state index in [1.807, 2.05) is 26.0 Å². The number of hydrogen-bond acceptors (Lipinski definition) is 8. The monoisotopic (exact) mass is 563 g/mol. The second kappa shape index (κ2) is 11.0. The van der Waals surface area contributed by atoms with Gasteiger partial charge in [0.15, 0.2) is 17.5 Å². The SMILES string of the molecule is COc1ccc(C2=NN(C(C(=O)NS(=O)(=O)c3ccc(C(C)C)cc3)c3ccc4c(c3)OCO4)C(=O)CC2)cc1. The molecule has 0 saturated carbocycles. The third kappa shape index (κ3) is 5.50. The van der Waals surface area contributed by atoms with Crippen LogP contribution in [0.4, 0.5) is 0 Å². The van der Waals surface area contributed by atoms with Crippen molar-refractivity contribution in [3.8, 4) is 17.2 Å². The molecule has 0 spiro atoms. The number of carbonyl (C=O) groups is 2. The maximum Gasteiger partial charge on any atom is 0.264 e. The number of ether oxygens (including phenoxy) is 3. The summed E-state index contributed by atoms with van der Waals surface area (Å²) < 4.78 is 44.7. The Hall–Kier alpha value is -4.38. The van der Waals surface area contributed by atoms with Gasteiger partial charge >= 0.3 is 0 Å². The maximum atomic E-state index is 13.7. The van der Waals surface area contributed by atoms with Gasteiger partial charge in [0, 0.05) is 12.8 Å². The molecule has 5 rings (SSSR count). The van der Waals surface area contributed by atoms with Crippen molar-refractivity contribution in [2.24, 2.45) is 5.10 Å². The highest BCUT2D eigenvalue weighted by Gasteiger charge is 2.37. The summed E-state index contributed by atoms with van der Waals surface area (Å²) in [5, 5.41) is 5.59. The number of nitrogens with zero attached hydrogens (tertiary/aromatic N) is 2. The molecule has 0 aliphatic carbocycles. The maximum absolute atomic E-state index is 13.7. The average Bonchev–Trinajstić information content (AvgIpc) is 3.42. The smallest absolute Gasteiger partial charge is 0.264 e. The first-order valence-electron chi connectivity index (χ1n) is 12.8. The lowest BCUT2D eigenvalue weighted by molar-refractivity contribution is -0.140. The Morgan fingerprint density at radius 1 is 0.950 bits per heavy atom. The van der Waals surface area contributed by atoms with Crippen LogP contribution >= 0.6 is 0 Å². The Bertz CT molecular complexity index is 1570. The first-order valence-corrected chi connectivity index (χ1v) is 14.2. The lowest BCUT2D eigenvalue weighted by atomic mass is 10.0. The molecule has 0 saturated heterocycles. The molecule has 2 aliphatic rings. The van der Waals surface area contributed by atoms with Crippen molar-refractivity contribution in [2.75, 3.05) is 13.9 Å². The highest BCUT2D eigenvalue weighted by Crippen LogP contribution is 2.37. The summed E-state index contributed by atoms with van der Waals surface area (Å²) in [6, 6.07) is 16.9. The van der Waals surface area contributed by atoms with Crippen molar-refractivity contribution in [2.45, 2.75) is 43.5 Å². The van der Waals surface area contributed by atoms with Crippen LogP contribution in [0, 0.1) is 0 Å². The van der Waals surface area contributed by atoms with Gasteiger partial charge in [0.05, 0.1) is 17.7 Å². The van der Waals surface area contributed by atoms with Crippen LogP contribution in [0.1, 0.15) is 55.3 Å². The summed E-state index contributed by atoms with van der Waals surface area (Å²) >= 11 is 0. The van der Waals surface area contributed by atoms with Gasteiger partial charge in [0.1, 0.15) is 5.75 Å². The minimum atomic E-state index is -4.25. The van der Waals surface area contributed by atoms with E-state index in [2.05, 4.69) is 9.82 Å². The Kier molecular flexibility index (Phi) is 7.49. The van der Waals surface area contributed by atoms with Gasteiger partial charge in [0.2, 0.25) is 12.7 Å². The molecular formula is C29H29N3O7S. The molecule has 40 heavy (non-hydrogen) atoms. The lowest BCUT2D eigenvalue weighted by Gasteiger charge is -2.30. The van der Waals surface area contributed by atoms with E-state index in [1.165, 1.54) is 12.1 Å². The Morgan fingerprint density at radius 3 is 2.30 bits per heavy atom. The summed E-state index contributed by atoms with van der Waals surface area (Å²) in [4.78, 5) is 26.8. The Balaban J connectivity index is 1.52. The fraction of sp³-hybridized carbons (Fsp3) is 0.276. The molecule has 0 aromatic heterocycles. The number of rotatable bonds is 8. The van der Waals surface area contributed by atoms with E-state index < -0.39 is 27.9 Å². The molecule has 3 aromatic rings. The van der Waals surface area contributed by atoms with Crippen LogP contribution in [0.3, 0.4) is 0 Å². The van der Waals surface area contributed by atoms with Gasteiger partial charge < -0.3 is 14.2 Å². The highest BCUT2D eigenvalue weighted by atomic mass is 32.2. The van der Waals surface area contributed by atoms with Crippen molar-refractivity contribution < 1.29 is 32.2 Å². The standard InChI is InChI=1S/C29H29N3O7S/c1-18(2)19-6-11-23(12-7-19)40(35,36)31-29(34)28(21-8-14-25-26(16-21)39-17-38-25)32-27(33)15-13-24(30-32)20-4-9-22(37-3)10-5-20/h4-12,14,16,18,28H,13,15,17H2,1-3H3,(H,31,34). The van der Waals surface area contributed by atoms with Gasteiger partial charge in [-0.25, -0.2) is 18.1 Å². The highest BCUT2D eigenvalue weighted by molar-refractivity contribution is 7.90. The van der Waals surface area contributed by atoms with Gasteiger partial charge in [-0.2, -0.15) is 5.10 Å². The molecule has 10 nitrogen and oxygen atoms in total. The van der Waals surface area contributed by atoms with E-state index in [0.29, 0.717) is 34.9 Å². The first kappa shape index (κ1) is 27.2. The molecular weight excluding hydrogens is 534 g/mol. The van der Waals surface area contributed by atoms with Crippen molar-refractivity contribution in [1.82, 2.24) is 9.73 Å². The number of carbonyl (C=O) groups excluding carboxylic acids is 2. The van der Waals surface area contributed by atoms with Crippen LogP contribution in [-0.2, 0) is 19.6 Å². The minimum absolute atomic E-state index is 0.0127. The van der Waals surface area contributed by atoms with Gasteiger partial charge in [-0.3, -0.25) is 9.59 Å². The number of hydrazone groups is 1. The van der Waals surface area contributed by atoms with E-state index in [9.17, 15) is 18.0 Å². The molecule has 3 aromatic carbocycles. The zero-order chi connectivity index (χ0) is 28.4. The molecule has 0 bridgehead atoms. The second-order valence-corrected chi connectivity index (χ2v) is 11.4. The molecule has 1 atom stereocenters. The number of sulfonamides is 1. The zero-order valence-corrected chi connectivity index (χ0v) is 23.1. The Morgan fingerprint density at radius 2 is 1.62 bits per heavy atom. The van der Waals surface area contributed by atoms with Crippen LogP contribution < -0.4 is 18.9 Å². The molecule has 2 aliphatic heterocycles. The van der Waals surface area contributed by atoms with Gasteiger partial charge in [-0.05, 0) is 71.1 Å². The molecule has 1 unspecified atom stereocenters. The molecule has 0 radical (unpaired) electrons. The zero-order valence-electron chi connectivity index (χ0n) is 22.3. The summed E-state index contributed by atoms with van der Waals surface area (Å²) in [5.74, 6) is 0.384. The van der Waals surface area contributed by atoms with Crippen molar-refractivity contribution in [1.29, 1.82) is 0 Å². The second-order valence-electron chi connectivity index (χ2n) is 9.72. The van der Waals surface area contributed by atoms with Gasteiger partial charge in [-0.15, -0.1) is 0 Å². The fourth-order valence-electron chi connectivity index (χ4n) is 4.53. The average molecular weight is 564 g/mol. The number of hydrogen-bond donors (Lipinski definition) is 1. The first-order chi connectivity index (χ1) is 19.2. The number of nitrogens with one attached hydrogen (secondary N) is 1. The van der Waals surface area contributed by atoms with E-state index in [-0.39, 0.29) is 24.0 Å². The van der Waals surface area contributed by atoms with Gasteiger partial charge in [0.25, 0.3) is 15.9 Å². The van der Waals surface area contributed by atoms with Gasteiger partial charge in [-0.1, -0.05) is 32.0 Å². The van der Waals surface area contributed by atoms with Crippen molar-refractivity contribution in [3.05, 3.63) is 83.4 Å². The van der Waals surface area contributed by atoms with E-state index in [4.69, 9.17) is 14.2 Å². The van der Waals surface area contributed by atoms with Crippen LogP contribution in [0.15, 0.2) is 76.7 Å². The van der Waals surface area contributed by atoms with Crippen LogP contribution in [0.5, 0.6) is 17.2 Å². The Labute approximate surface area is 232 Å². The topological polar surface area (TPSA) is 124 Å². The normalized spacial score (nSPS) is 15.6. The molecule has 1 N–H and O–H groups in total. The van der Waals surface area contributed by atoms with Crippen LogP contribution in [0.2, 0.25) is 0 Å². The quantitative estimate of drug-likeness (QED) is 0.437. The summed E-state index contributed by atoms with van der Waals surface area (Å²) in [6.45, 7) is 4.01. The predicted molar refractivity (Wildman–Crippen MR) is 147 cm³/mol. The molecule has 208 valence electrons. The third-order valence-corrected chi connectivity index (χ3v) is 8.14. The number of methoxy groups -OCH3 is 1. The van der Waals surface area contributed by atoms with Crippen LogP contribution in [-0.4, -0.2) is 44.9 Å².